The van der Waals surface area contributed by atoms with Crippen molar-refractivity contribution in [3.63, 3.8) is 0 Å². The fraction of sp³-hybridized carbons (Fsp3) is 0.500. The Kier molecular flexibility index (Phi) is 4.66. The van der Waals surface area contributed by atoms with E-state index in [0.717, 1.165) is 5.56 Å². The molecule has 1 N–H and O–H groups in total. The van der Waals surface area contributed by atoms with Crippen LogP contribution in [0.1, 0.15) is 18.4 Å². The number of nitrogens with zero attached hydrogens (tertiary/aromatic N) is 1. The Bertz CT molecular complexity index is 388. The monoisotopic (exact) mass is 265 g/mol. The third-order valence-corrected chi connectivity index (χ3v) is 3.74. The average molecular weight is 265 g/mol. The zero-order chi connectivity index (χ0) is 13.0. The molecule has 3 nitrogen and oxygen atoms in total. The van der Waals surface area contributed by atoms with Gasteiger partial charge < -0.3 is 10.0 Å². The van der Waals surface area contributed by atoms with E-state index in [1.165, 1.54) is 0 Å². The molecular weight excluding hydrogens is 246 g/mol. The molecule has 0 aliphatic carbocycles. The number of carbonyl (C=O) groups is 1. The standard InChI is InChI=1S/C14H19NO2S/c16-12-6-8-15(9-7-12)14(17)13(18)10-11-4-2-1-3-5-11/h1-5,12-13,16,18H,6-10H2. The molecule has 1 fully saturated rings. The number of aliphatic hydroxyl groups excluding tert-OH is 1. The second-order valence-corrected chi connectivity index (χ2v) is 5.39. The first kappa shape index (κ1) is 13.4. The van der Waals surface area contributed by atoms with Gasteiger partial charge in [-0.25, -0.2) is 0 Å². The summed E-state index contributed by atoms with van der Waals surface area (Å²) in [5.74, 6) is 0.0779. The predicted molar refractivity (Wildman–Crippen MR) is 74.7 cm³/mol. The molecule has 1 unspecified atom stereocenters. The largest absolute Gasteiger partial charge is 0.393 e. The molecule has 1 saturated heterocycles. The molecular formula is C14H19NO2S. The van der Waals surface area contributed by atoms with Crippen LogP contribution in [0.15, 0.2) is 30.3 Å². The zero-order valence-corrected chi connectivity index (χ0v) is 11.2. The summed E-state index contributed by atoms with van der Waals surface area (Å²) in [5, 5.41) is 9.14. The van der Waals surface area contributed by atoms with Gasteiger partial charge in [0.1, 0.15) is 0 Å². The SMILES string of the molecule is O=C(C(S)Cc1ccccc1)N1CCC(O)CC1. The van der Waals surface area contributed by atoms with Crippen molar-refractivity contribution in [1.29, 1.82) is 0 Å². The van der Waals surface area contributed by atoms with E-state index >= 15 is 0 Å². The third-order valence-electron chi connectivity index (χ3n) is 3.33. The van der Waals surface area contributed by atoms with E-state index in [0.29, 0.717) is 32.4 Å². The number of rotatable bonds is 3. The van der Waals surface area contributed by atoms with Crippen LogP contribution < -0.4 is 0 Å². The maximum Gasteiger partial charge on any atom is 0.235 e. The van der Waals surface area contributed by atoms with Crippen LogP contribution in [0.3, 0.4) is 0 Å². The summed E-state index contributed by atoms with van der Waals surface area (Å²) in [4.78, 5) is 14.0. The Morgan fingerprint density at radius 1 is 1.33 bits per heavy atom. The van der Waals surface area contributed by atoms with E-state index in [4.69, 9.17) is 0 Å². The van der Waals surface area contributed by atoms with Gasteiger partial charge in [-0.05, 0) is 24.8 Å². The molecule has 2 rings (SSSR count). The van der Waals surface area contributed by atoms with Crippen LogP contribution >= 0.6 is 12.6 Å². The average Bonchev–Trinajstić information content (AvgIpc) is 2.40. The highest BCUT2D eigenvalue weighted by molar-refractivity contribution is 7.81. The molecule has 1 atom stereocenters. The van der Waals surface area contributed by atoms with Gasteiger partial charge >= 0.3 is 0 Å². The number of likely N-dealkylation sites (tertiary alicyclic amines) is 1. The molecule has 1 aromatic rings. The molecule has 0 radical (unpaired) electrons. The minimum atomic E-state index is -0.289. The number of aliphatic hydroxyl groups is 1. The number of carbonyl (C=O) groups excluding carboxylic acids is 1. The number of hydrogen-bond donors (Lipinski definition) is 2. The summed E-state index contributed by atoms with van der Waals surface area (Å²) in [6.45, 7) is 1.29. The zero-order valence-electron chi connectivity index (χ0n) is 10.3. The van der Waals surface area contributed by atoms with Crippen molar-refractivity contribution in [1.82, 2.24) is 4.90 Å². The Morgan fingerprint density at radius 3 is 2.56 bits per heavy atom. The van der Waals surface area contributed by atoms with Gasteiger partial charge in [-0.1, -0.05) is 30.3 Å². The van der Waals surface area contributed by atoms with Crippen LogP contribution in [0.4, 0.5) is 0 Å². The molecule has 1 heterocycles. The second kappa shape index (κ2) is 6.25. The third kappa shape index (κ3) is 3.50. The van der Waals surface area contributed by atoms with E-state index in [9.17, 15) is 9.90 Å². The Morgan fingerprint density at radius 2 is 1.94 bits per heavy atom. The highest BCUT2D eigenvalue weighted by Gasteiger charge is 2.25. The molecule has 0 bridgehead atoms. The lowest BCUT2D eigenvalue weighted by Gasteiger charge is -2.31. The molecule has 98 valence electrons. The van der Waals surface area contributed by atoms with E-state index in [2.05, 4.69) is 12.6 Å². The summed E-state index contributed by atoms with van der Waals surface area (Å²) in [5.41, 5.74) is 1.13. The fourth-order valence-corrected chi connectivity index (χ4v) is 2.60. The summed E-state index contributed by atoms with van der Waals surface area (Å²) in [6, 6.07) is 9.92. The molecule has 1 aromatic carbocycles. The Hall–Kier alpha value is -1.00. The number of amides is 1. The fourth-order valence-electron chi connectivity index (χ4n) is 2.22. The van der Waals surface area contributed by atoms with Gasteiger partial charge in [0.15, 0.2) is 0 Å². The van der Waals surface area contributed by atoms with Gasteiger partial charge in [-0.3, -0.25) is 4.79 Å². The summed E-state index contributed by atoms with van der Waals surface area (Å²) >= 11 is 4.42. The lowest BCUT2D eigenvalue weighted by atomic mass is 10.1. The molecule has 0 aromatic heterocycles. The molecule has 1 aliphatic heterocycles. The molecule has 4 heteroatoms. The topological polar surface area (TPSA) is 40.5 Å². The van der Waals surface area contributed by atoms with Crippen LogP contribution in [0.2, 0.25) is 0 Å². The molecule has 1 aliphatic rings. The number of thiol groups is 1. The van der Waals surface area contributed by atoms with Crippen LogP contribution in [0, 0.1) is 0 Å². The van der Waals surface area contributed by atoms with Gasteiger partial charge in [-0.2, -0.15) is 12.6 Å². The lowest BCUT2D eigenvalue weighted by molar-refractivity contribution is -0.132. The van der Waals surface area contributed by atoms with E-state index in [1.807, 2.05) is 35.2 Å². The number of benzene rings is 1. The quantitative estimate of drug-likeness (QED) is 0.813. The first-order chi connectivity index (χ1) is 8.66. The van der Waals surface area contributed by atoms with Gasteiger partial charge in [0.2, 0.25) is 5.91 Å². The highest BCUT2D eigenvalue weighted by Crippen LogP contribution is 2.15. The lowest BCUT2D eigenvalue weighted by Crippen LogP contribution is -2.44. The smallest absolute Gasteiger partial charge is 0.235 e. The first-order valence-corrected chi connectivity index (χ1v) is 6.87. The van der Waals surface area contributed by atoms with Crippen molar-refractivity contribution >= 4 is 18.5 Å². The van der Waals surface area contributed by atoms with Crippen molar-refractivity contribution in [3.8, 4) is 0 Å². The Balaban J connectivity index is 1.89. The first-order valence-electron chi connectivity index (χ1n) is 6.35. The van der Waals surface area contributed by atoms with Crippen molar-refractivity contribution in [3.05, 3.63) is 35.9 Å². The normalized spacial score (nSPS) is 18.7. The van der Waals surface area contributed by atoms with Crippen LogP contribution in [-0.2, 0) is 11.2 Å². The second-order valence-electron chi connectivity index (χ2n) is 4.76. The van der Waals surface area contributed by atoms with Gasteiger partial charge in [-0.15, -0.1) is 0 Å². The van der Waals surface area contributed by atoms with E-state index < -0.39 is 0 Å². The number of piperidine rings is 1. The Labute approximate surface area is 113 Å². The van der Waals surface area contributed by atoms with Crippen molar-refractivity contribution < 1.29 is 9.90 Å². The maximum atomic E-state index is 12.2. The molecule has 1 amide bonds. The van der Waals surface area contributed by atoms with Crippen molar-refractivity contribution in [2.24, 2.45) is 0 Å². The summed E-state index contributed by atoms with van der Waals surface area (Å²) in [6.07, 6.45) is 1.76. The van der Waals surface area contributed by atoms with Crippen LogP contribution in [0.25, 0.3) is 0 Å². The van der Waals surface area contributed by atoms with Gasteiger partial charge in [0.25, 0.3) is 0 Å². The predicted octanol–water partition coefficient (Wildman–Crippen LogP) is 1.51. The molecule has 0 spiro atoms. The highest BCUT2D eigenvalue weighted by atomic mass is 32.1. The molecule has 18 heavy (non-hydrogen) atoms. The van der Waals surface area contributed by atoms with E-state index in [-0.39, 0.29) is 17.3 Å². The van der Waals surface area contributed by atoms with Gasteiger partial charge in [0, 0.05) is 13.1 Å². The van der Waals surface area contributed by atoms with Crippen molar-refractivity contribution in [2.75, 3.05) is 13.1 Å². The summed E-state index contributed by atoms with van der Waals surface area (Å²) in [7, 11) is 0. The molecule has 0 saturated carbocycles. The minimum absolute atomic E-state index is 0.0779. The van der Waals surface area contributed by atoms with Crippen LogP contribution in [0.5, 0.6) is 0 Å². The van der Waals surface area contributed by atoms with Crippen LogP contribution in [-0.4, -0.2) is 40.4 Å². The maximum absolute atomic E-state index is 12.2. The van der Waals surface area contributed by atoms with Crippen molar-refractivity contribution in [2.45, 2.75) is 30.6 Å². The minimum Gasteiger partial charge on any atom is -0.393 e. The van der Waals surface area contributed by atoms with E-state index in [1.54, 1.807) is 0 Å². The number of hydrogen-bond acceptors (Lipinski definition) is 3. The van der Waals surface area contributed by atoms with Gasteiger partial charge in [0.05, 0.1) is 11.4 Å². The summed E-state index contributed by atoms with van der Waals surface area (Å²) < 4.78 is 0.